The number of hydrogen-bond donors (Lipinski definition) is 0. The van der Waals surface area contributed by atoms with Crippen molar-refractivity contribution < 1.29 is 13.6 Å². The van der Waals surface area contributed by atoms with Gasteiger partial charge in [-0.25, -0.2) is 4.57 Å². The molecule has 0 aliphatic carbocycles. The Labute approximate surface area is 144 Å². The van der Waals surface area contributed by atoms with Gasteiger partial charge in [-0.05, 0) is 24.3 Å². The van der Waals surface area contributed by atoms with Gasteiger partial charge in [0.25, 0.3) is 0 Å². The van der Waals surface area contributed by atoms with Gasteiger partial charge >= 0.3 is 8.25 Å². The van der Waals surface area contributed by atoms with Crippen LogP contribution in [0.1, 0.15) is 0 Å². The SMILES string of the molecule is O=[PH](Oc1ccccc1)Oc1ccccc1.[K]. The normalized spacial score (nSPS) is 9.47. The van der Waals surface area contributed by atoms with Crippen molar-refractivity contribution in [2.24, 2.45) is 0 Å². The fourth-order valence-electron chi connectivity index (χ4n) is 1.19. The van der Waals surface area contributed by atoms with E-state index in [2.05, 4.69) is 0 Å². The minimum absolute atomic E-state index is 0. The summed E-state index contributed by atoms with van der Waals surface area (Å²) in [5.74, 6) is 1.09. The topological polar surface area (TPSA) is 35.5 Å². The van der Waals surface area contributed by atoms with Crippen LogP contribution in [-0.4, -0.2) is 51.4 Å². The molecule has 0 aliphatic heterocycles. The van der Waals surface area contributed by atoms with E-state index in [1.807, 2.05) is 36.4 Å². The minimum Gasteiger partial charge on any atom is -0.418 e. The maximum absolute atomic E-state index is 11.5. The van der Waals surface area contributed by atoms with E-state index in [0.717, 1.165) is 0 Å². The van der Waals surface area contributed by atoms with E-state index >= 15 is 0 Å². The van der Waals surface area contributed by atoms with E-state index in [0.29, 0.717) is 11.5 Å². The first-order valence-electron chi connectivity index (χ1n) is 4.84. The second-order valence-electron chi connectivity index (χ2n) is 3.08. The van der Waals surface area contributed by atoms with Crippen LogP contribution >= 0.6 is 8.25 Å². The van der Waals surface area contributed by atoms with Crippen LogP contribution in [0.4, 0.5) is 0 Å². The zero-order valence-corrected chi connectivity index (χ0v) is 13.6. The van der Waals surface area contributed by atoms with Gasteiger partial charge in [0.05, 0.1) is 0 Å². The molecule has 0 saturated carbocycles. The first kappa shape index (κ1) is 15.0. The van der Waals surface area contributed by atoms with Gasteiger partial charge in [0.1, 0.15) is 11.5 Å². The van der Waals surface area contributed by atoms with Crippen LogP contribution in [0.2, 0.25) is 0 Å². The molecule has 0 unspecified atom stereocenters. The van der Waals surface area contributed by atoms with E-state index in [9.17, 15) is 4.57 Å². The van der Waals surface area contributed by atoms with E-state index in [4.69, 9.17) is 9.05 Å². The van der Waals surface area contributed by atoms with Crippen LogP contribution in [0, 0.1) is 0 Å². The Morgan fingerprint density at radius 1 is 0.706 bits per heavy atom. The van der Waals surface area contributed by atoms with Gasteiger partial charge in [-0.15, -0.1) is 0 Å². The second-order valence-corrected chi connectivity index (χ2v) is 3.99. The Bertz CT molecular complexity index is 418. The average Bonchev–Trinajstić information content (AvgIpc) is 2.31. The minimum atomic E-state index is -2.54. The molecule has 0 heterocycles. The summed E-state index contributed by atoms with van der Waals surface area (Å²) in [6, 6.07) is 17.9. The summed E-state index contributed by atoms with van der Waals surface area (Å²) in [5.41, 5.74) is 0. The zero-order valence-electron chi connectivity index (χ0n) is 9.50. The van der Waals surface area contributed by atoms with E-state index < -0.39 is 8.25 Å². The zero-order chi connectivity index (χ0) is 11.2. The first-order valence-corrected chi connectivity index (χ1v) is 6.07. The van der Waals surface area contributed by atoms with Crippen LogP contribution in [0.15, 0.2) is 60.7 Å². The number of hydrogen-bond acceptors (Lipinski definition) is 3. The maximum atomic E-state index is 11.5. The third-order valence-electron chi connectivity index (χ3n) is 1.89. The fourth-order valence-corrected chi connectivity index (χ4v) is 1.89. The Kier molecular flexibility index (Phi) is 7.12. The van der Waals surface area contributed by atoms with Crippen molar-refractivity contribution in [1.82, 2.24) is 0 Å². The molecule has 0 amide bonds. The summed E-state index contributed by atoms with van der Waals surface area (Å²) in [4.78, 5) is 0. The van der Waals surface area contributed by atoms with Crippen molar-refractivity contribution in [1.29, 1.82) is 0 Å². The average molecular weight is 273 g/mol. The van der Waals surface area contributed by atoms with Crippen LogP contribution < -0.4 is 9.05 Å². The summed E-state index contributed by atoms with van der Waals surface area (Å²) >= 11 is 0. The molecule has 1 radical (unpaired) electrons. The molecular weight excluding hydrogens is 262 g/mol. The largest absolute Gasteiger partial charge is 0.418 e. The molecule has 3 nitrogen and oxygen atoms in total. The van der Waals surface area contributed by atoms with Crippen LogP contribution in [0.5, 0.6) is 11.5 Å². The second kappa shape index (κ2) is 8.09. The standard InChI is InChI=1S/C12H11O3P.K/c13-16(14-11-7-3-1-4-8-11)15-12-9-5-2-6-10-12;/h1-10,16H;. The van der Waals surface area contributed by atoms with Crippen molar-refractivity contribution in [3.05, 3.63) is 60.7 Å². The molecular formula is C12H11KO3P. The Morgan fingerprint density at radius 3 is 1.41 bits per heavy atom. The molecule has 5 heteroatoms. The van der Waals surface area contributed by atoms with Gasteiger partial charge in [-0.1, -0.05) is 36.4 Å². The monoisotopic (exact) mass is 273 g/mol. The summed E-state index contributed by atoms with van der Waals surface area (Å²) < 4.78 is 21.8. The first-order chi connectivity index (χ1) is 7.84. The Morgan fingerprint density at radius 2 is 1.06 bits per heavy atom. The van der Waals surface area contributed by atoms with Crippen LogP contribution in [0.3, 0.4) is 0 Å². The molecule has 17 heavy (non-hydrogen) atoms. The predicted molar refractivity (Wildman–Crippen MR) is 68.9 cm³/mol. The molecule has 0 bridgehead atoms. The maximum Gasteiger partial charge on any atom is 0.418 e. The molecule has 83 valence electrons. The summed E-state index contributed by atoms with van der Waals surface area (Å²) in [7, 11) is -2.54. The van der Waals surface area contributed by atoms with Crippen LogP contribution in [0.25, 0.3) is 0 Å². The third kappa shape index (κ3) is 5.38. The number of benzene rings is 2. The van der Waals surface area contributed by atoms with Crippen molar-refractivity contribution in [2.75, 3.05) is 0 Å². The van der Waals surface area contributed by atoms with Crippen molar-refractivity contribution in [3.63, 3.8) is 0 Å². The summed E-state index contributed by atoms with van der Waals surface area (Å²) in [6.07, 6.45) is 0. The van der Waals surface area contributed by atoms with Gasteiger partial charge in [0, 0.05) is 51.4 Å². The molecule has 0 aliphatic rings. The Balaban J connectivity index is 0.00000144. The van der Waals surface area contributed by atoms with Gasteiger partial charge in [0.15, 0.2) is 0 Å². The van der Waals surface area contributed by atoms with Crippen molar-refractivity contribution in [2.45, 2.75) is 0 Å². The van der Waals surface area contributed by atoms with E-state index in [1.54, 1.807) is 24.3 Å². The quantitative estimate of drug-likeness (QED) is 0.634. The van der Waals surface area contributed by atoms with Crippen molar-refractivity contribution in [3.8, 4) is 11.5 Å². The van der Waals surface area contributed by atoms with Gasteiger partial charge in [0.2, 0.25) is 0 Å². The molecule has 2 aromatic rings. The number of para-hydroxylation sites is 2. The predicted octanol–water partition coefficient (Wildman–Crippen LogP) is 3.15. The fraction of sp³-hybridized carbons (Fsp3) is 0. The molecule has 0 spiro atoms. The smallest absolute Gasteiger partial charge is 0.418 e. The molecule has 0 atom stereocenters. The molecule has 2 aromatic carbocycles. The number of rotatable bonds is 4. The molecule has 2 rings (SSSR count). The van der Waals surface area contributed by atoms with E-state index in [1.165, 1.54) is 0 Å². The third-order valence-corrected chi connectivity index (χ3v) is 2.69. The van der Waals surface area contributed by atoms with Gasteiger partial charge < -0.3 is 9.05 Å². The molecule has 0 aromatic heterocycles. The van der Waals surface area contributed by atoms with Gasteiger partial charge in [-0.3, -0.25) is 0 Å². The molecule has 0 saturated heterocycles. The summed E-state index contributed by atoms with van der Waals surface area (Å²) in [6.45, 7) is 0. The molecule has 0 N–H and O–H groups in total. The van der Waals surface area contributed by atoms with Crippen molar-refractivity contribution >= 4 is 59.6 Å². The van der Waals surface area contributed by atoms with Crippen LogP contribution in [-0.2, 0) is 4.57 Å². The van der Waals surface area contributed by atoms with Gasteiger partial charge in [-0.2, -0.15) is 0 Å². The summed E-state index contributed by atoms with van der Waals surface area (Å²) in [5, 5.41) is 0. The van der Waals surface area contributed by atoms with E-state index in [-0.39, 0.29) is 51.4 Å². The molecule has 0 fully saturated rings. The Hall–Kier alpha value is -0.0936.